The molecule has 5 nitrogen and oxygen atoms in total. The number of benzene rings is 2. The van der Waals surface area contributed by atoms with Crippen LogP contribution in [0, 0.1) is 5.41 Å². The van der Waals surface area contributed by atoms with Crippen LogP contribution < -0.4 is 10.9 Å². The minimum absolute atomic E-state index is 0.00184. The van der Waals surface area contributed by atoms with Gasteiger partial charge in [-0.15, -0.1) is 0 Å². The number of thioether (sulfide) groups is 1. The number of allylic oxidation sites excluding steroid dienone is 2. The Bertz CT molecular complexity index is 1450. The Morgan fingerprint density at radius 2 is 1.83 bits per heavy atom. The lowest BCUT2D eigenvalue weighted by molar-refractivity contribution is -0.118. The molecule has 2 N–H and O–H groups in total. The molecule has 1 aliphatic heterocycles. The summed E-state index contributed by atoms with van der Waals surface area (Å²) < 4.78 is 0. The summed E-state index contributed by atoms with van der Waals surface area (Å²) in [6.45, 7) is 4.12. The summed E-state index contributed by atoms with van der Waals surface area (Å²) in [6, 6.07) is 12.7. The molecule has 1 aromatic heterocycles. The predicted molar refractivity (Wildman–Crippen MR) is 143 cm³/mol. The van der Waals surface area contributed by atoms with E-state index in [2.05, 4.69) is 24.1 Å². The van der Waals surface area contributed by atoms with Crippen LogP contribution in [0.2, 0.25) is 15.1 Å². The quantitative estimate of drug-likeness (QED) is 0.267. The van der Waals surface area contributed by atoms with Crippen molar-refractivity contribution in [1.82, 2.24) is 9.97 Å². The molecule has 0 bridgehead atoms. The molecular formula is C26H22Cl3N3O2S. The second-order valence-electron chi connectivity index (χ2n) is 9.57. The minimum Gasteiger partial charge on any atom is -0.343 e. The number of halogens is 3. The van der Waals surface area contributed by atoms with Crippen LogP contribution in [-0.2, 0) is 10.5 Å². The first-order valence-corrected chi connectivity index (χ1v) is 13.2. The monoisotopic (exact) mass is 545 g/mol. The van der Waals surface area contributed by atoms with Crippen LogP contribution in [-0.4, -0.2) is 15.8 Å². The van der Waals surface area contributed by atoms with Crippen LogP contribution in [0.25, 0.3) is 0 Å². The van der Waals surface area contributed by atoms with Gasteiger partial charge in [0.15, 0.2) is 10.9 Å². The van der Waals surface area contributed by atoms with E-state index in [1.54, 1.807) is 18.2 Å². The van der Waals surface area contributed by atoms with Gasteiger partial charge in [-0.3, -0.25) is 9.59 Å². The predicted octanol–water partition coefficient (Wildman–Crippen LogP) is 7.22. The van der Waals surface area contributed by atoms with Gasteiger partial charge in [0, 0.05) is 44.4 Å². The third-order valence-corrected chi connectivity index (χ3v) is 8.15. The number of hydrogen-bond donors (Lipinski definition) is 2. The van der Waals surface area contributed by atoms with E-state index < -0.39 is 5.92 Å². The molecule has 0 fully saturated rings. The standard InChI is InChI=1S/C26H22Cl3N3O2S/c1-26(2)10-18-21(19(33)11-26)20(15-8-7-14(27)9-17(15)29)22-23(30-18)31-25(32-24(22)34)35-12-13-5-3-4-6-16(13)28/h3-9,20H,10-12H2,1-2H3,(H2,30,31,32,34)/t20-/m1/s1. The fraction of sp³-hybridized carbons (Fsp3) is 0.269. The van der Waals surface area contributed by atoms with Crippen molar-refractivity contribution in [3.05, 3.63) is 95.8 Å². The van der Waals surface area contributed by atoms with Gasteiger partial charge < -0.3 is 10.3 Å². The zero-order valence-corrected chi connectivity index (χ0v) is 22.1. The number of ketones is 1. The fourth-order valence-corrected chi connectivity index (χ4v) is 6.43. The Hall–Kier alpha value is -2.25. The van der Waals surface area contributed by atoms with Gasteiger partial charge in [0.05, 0.1) is 5.56 Å². The van der Waals surface area contributed by atoms with E-state index in [4.69, 9.17) is 39.8 Å². The number of Topliss-reactive ketones (excluding diaryl/α,β-unsaturated/α-hetero) is 1. The van der Waals surface area contributed by atoms with Gasteiger partial charge in [-0.1, -0.05) is 84.7 Å². The Balaban J connectivity index is 1.61. The summed E-state index contributed by atoms with van der Waals surface area (Å²) in [5.41, 5.74) is 2.82. The minimum atomic E-state index is -0.631. The number of carbonyl (C=O) groups is 1. The molecule has 2 heterocycles. The van der Waals surface area contributed by atoms with Gasteiger partial charge in [0.2, 0.25) is 0 Å². The van der Waals surface area contributed by atoms with E-state index in [0.717, 1.165) is 11.3 Å². The number of nitrogens with one attached hydrogen (secondary N) is 2. The number of aromatic nitrogens is 2. The van der Waals surface area contributed by atoms with E-state index in [9.17, 15) is 9.59 Å². The number of hydrogen-bond acceptors (Lipinski definition) is 5. The van der Waals surface area contributed by atoms with Gasteiger partial charge in [0.1, 0.15) is 5.82 Å². The molecular weight excluding hydrogens is 525 g/mol. The summed E-state index contributed by atoms with van der Waals surface area (Å²) in [6.07, 6.45) is 1.05. The summed E-state index contributed by atoms with van der Waals surface area (Å²) in [4.78, 5) is 34.5. The first-order valence-electron chi connectivity index (χ1n) is 11.1. The molecule has 2 aliphatic rings. The van der Waals surface area contributed by atoms with Gasteiger partial charge in [-0.25, -0.2) is 4.98 Å². The third kappa shape index (κ3) is 4.77. The van der Waals surface area contributed by atoms with Gasteiger partial charge in [-0.05, 0) is 41.2 Å². The van der Waals surface area contributed by atoms with Gasteiger partial charge in [-0.2, -0.15) is 0 Å². The molecule has 1 aliphatic carbocycles. The number of H-pyrrole nitrogens is 1. The molecule has 5 rings (SSSR count). The lowest BCUT2D eigenvalue weighted by Gasteiger charge is -2.38. The molecule has 9 heteroatoms. The first-order chi connectivity index (χ1) is 16.6. The number of aromatic amines is 1. The maximum atomic E-state index is 13.5. The summed E-state index contributed by atoms with van der Waals surface area (Å²) in [5.74, 6) is 0.360. The van der Waals surface area contributed by atoms with E-state index in [1.807, 2.05) is 24.3 Å². The summed E-state index contributed by atoms with van der Waals surface area (Å²) >= 11 is 20.4. The molecule has 0 spiro atoms. The average Bonchev–Trinajstić information content (AvgIpc) is 2.76. The zero-order chi connectivity index (χ0) is 24.9. The van der Waals surface area contributed by atoms with Gasteiger partial charge in [0.25, 0.3) is 5.56 Å². The Morgan fingerprint density at radius 1 is 1.06 bits per heavy atom. The highest BCUT2D eigenvalue weighted by Crippen LogP contribution is 2.49. The zero-order valence-electron chi connectivity index (χ0n) is 19.0. The maximum Gasteiger partial charge on any atom is 0.257 e. The Kier molecular flexibility index (Phi) is 6.51. The van der Waals surface area contributed by atoms with E-state index >= 15 is 0 Å². The number of carbonyl (C=O) groups excluding carboxylic acids is 1. The molecule has 0 saturated heterocycles. The largest absolute Gasteiger partial charge is 0.343 e. The van der Waals surface area contributed by atoms with E-state index in [-0.39, 0.29) is 16.8 Å². The average molecular weight is 547 g/mol. The van der Waals surface area contributed by atoms with Crippen molar-refractivity contribution in [2.45, 2.75) is 43.5 Å². The molecule has 0 amide bonds. The van der Waals surface area contributed by atoms with E-state index in [0.29, 0.717) is 61.3 Å². The van der Waals surface area contributed by atoms with Gasteiger partial charge >= 0.3 is 0 Å². The molecule has 180 valence electrons. The fourth-order valence-electron chi connectivity index (χ4n) is 4.77. The van der Waals surface area contributed by atoms with Crippen LogP contribution in [0.1, 0.15) is 49.3 Å². The van der Waals surface area contributed by atoms with Crippen molar-refractivity contribution in [2.75, 3.05) is 5.32 Å². The number of nitrogens with zero attached hydrogens (tertiary/aromatic N) is 1. The molecule has 35 heavy (non-hydrogen) atoms. The van der Waals surface area contributed by atoms with Crippen molar-refractivity contribution in [1.29, 1.82) is 0 Å². The topological polar surface area (TPSA) is 74.8 Å². The van der Waals surface area contributed by atoms with Crippen LogP contribution >= 0.6 is 46.6 Å². The highest BCUT2D eigenvalue weighted by Gasteiger charge is 2.43. The van der Waals surface area contributed by atoms with Crippen LogP contribution in [0.3, 0.4) is 0 Å². The Labute approximate surface area is 222 Å². The second-order valence-corrected chi connectivity index (χ2v) is 11.8. The van der Waals surface area contributed by atoms with Crippen molar-refractivity contribution >= 4 is 58.2 Å². The number of anilines is 1. The van der Waals surface area contributed by atoms with Crippen molar-refractivity contribution in [3.63, 3.8) is 0 Å². The number of fused-ring (bicyclic) bond motifs is 1. The molecule has 3 aromatic rings. The SMILES string of the molecule is CC1(C)CC(=O)C2=C(C1)Nc1nc(SCc3ccccc3Cl)[nH]c(=O)c1[C@@H]2c1ccc(Cl)cc1Cl. The molecule has 1 atom stereocenters. The molecule has 2 aromatic carbocycles. The lowest BCUT2D eigenvalue weighted by Crippen LogP contribution is -2.37. The second kappa shape index (κ2) is 9.32. The third-order valence-electron chi connectivity index (χ3n) is 6.30. The van der Waals surface area contributed by atoms with Crippen molar-refractivity contribution < 1.29 is 4.79 Å². The van der Waals surface area contributed by atoms with E-state index in [1.165, 1.54) is 11.8 Å². The van der Waals surface area contributed by atoms with Crippen LogP contribution in [0.4, 0.5) is 5.82 Å². The summed E-state index contributed by atoms with van der Waals surface area (Å²) in [7, 11) is 0. The molecule has 0 radical (unpaired) electrons. The smallest absolute Gasteiger partial charge is 0.257 e. The Morgan fingerprint density at radius 3 is 2.57 bits per heavy atom. The molecule has 0 saturated carbocycles. The first kappa shape index (κ1) is 24.4. The lowest BCUT2D eigenvalue weighted by atomic mass is 9.69. The van der Waals surface area contributed by atoms with Crippen LogP contribution in [0.15, 0.2) is 63.7 Å². The molecule has 0 unspecified atom stereocenters. The number of rotatable bonds is 4. The summed E-state index contributed by atoms with van der Waals surface area (Å²) in [5, 5.41) is 5.33. The van der Waals surface area contributed by atoms with Crippen molar-refractivity contribution in [2.24, 2.45) is 5.41 Å². The van der Waals surface area contributed by atoms with Crippen LogP contribution in [0.5, 0.6) is 0 Å². The maximum absolute atomic E-state index is 13.5. The normalized spacial score (nSPS) is 18.7. The van der Waals surface area contributed by atoms with Crippen molar-refractivity contribution in [3.8, 4) is 0 Å². The highest BCUT2D eigenvalue weighted by molar-refractivity contribution is 7.98. The highest BCUT2D eigenvalue weighted by atomic mass is 35.5.